The lowest BCUT2D eigenvalue weighted by Crippen LogP contribution is -2.47. The van der Waals surface area contributed by atoms with Gasteiger partial charge in [0.05, 0.1) is 0 Å². The lowest BCUT2D eigenvalue weighted by atomic mass is 10.2. The van der Waals surface area contributed by atoms with Gasteiger partial charge >= 0.3 is 0 Å². The molecule has 2 N–H and O–H groups in total. The van der Waals surface area contributed by atoms with Gasteiger partial charge in [0.2, 0.25) is 0 Å². The smallest absolute Gasteiger partial charge is 0.165 e. The zero-order chi connectivity index (χ0) is 12.1. The van der Waals surface area contributed by atoms with Gasteiger partial charge in [0, 0.05) is 32.4 Å². The molecule has 0 aliphatic carbocycles. The number of pyridine rings is 1. The molecule has 0 saturated carbocycles. The normalized spacial score (nSPS) is 17.4. The Hall–Kier alpha value is -1.20. The number of anilines is 1. The molecule has 0 amide bonds. The first-order valence-electron chi connectivity index (χ1n) is 6.09. The highest BCUT2D eigenvalue weighted by Crippen LogP contribution is 2.16. The standard InChI is InChI=1S/C12H19FN4/c13-11-3-1-5-15-12(11)17-9-7-16(8-10-17)6-2-4-14/h1,3,5H,2,4,6-10,14H2. The second kappa shape index (κ2) is 5.93. The van der Waals surface area contributed by atoms with E-state index >= 15 is 0 Å². The van der Waals surface area contributed by atoms with Gasteiger partial charge in [-0.25, -0.2) is 9.37 Å². The molecule has 0 bridgehead atoms. The van der Waals surface area contributed by atoms with Gasteiger partial charge < -0.3 is 10.6 Å². The van der Waals surface area contributed by atoms with Crippen molar-refractivity contribution in [1.82, 2.24) is 9.88 Å². The third-order valence-electron chi connectivity index (χ3n) is 3.09. The van der Waals surface area contributed by atoms with Gasteiger partial charge in [-0.2, -0.15) is 0 Å². The van der Waals surface area contributed by atoms with Crippen LogP contribution >= 0.6 is 0 Å². The molecule has 5 heteroatoms. The van der Waals surface area contributed by atoms with Crippen molar-refractivity contribution in [2.75, 3.05) is 44.2 Å². The summed E-state index contributed by atoms with van der Waals surface area (Å²) in [6.07, 6.45) is 2.66. The first-order valence-corrected chi connectivity index (χ1v) is 6.09. The van der Waals surface area contributed by atoms with Gasteiger partial charge in [0.25, 0.3) is 0 Å². The van der Waals surface area contributed by atoms with E-state index in [9.17, 15) is 4.39 Å². The highest BCUT2D eigenvalue weighted by Gasteiger charge is 2.19. The molecule has 17 heavy (non-hydrogen) atoms. The van der Waals surface area contributed by atoms with Gasteiger partial charge in [-0.3, -0.25) is 4.90 Å². The first kappa shape index (κ1) is 12.3. The molecule has 1 fully saturated rings. The van der Waals surface area contributed by atoms with Crippen LogP contribution in [0.5, 0.6) is 0 Å². The average molecular weight is 238 g/mol. The van der Waals surface area contributed by atoms with E-state index in [1.54, 1.807) is 12.3 Å². The van der Waals surface area contributed by atoms with Crippen LogP contribution in [0, 0.1) is 5.82 Å². The maximum Gasteiger partial charge on any atom is 0.165 e. The van der Waals surface area contributed by atoms with Crippen molar-refractivity contribution in [2.45, 2.75) is 6.42 Å². The van der Waals surface area contributed by atoms with E-state index < -0.39 is 0 Å². The molecule has 0 aromatic carbocycles. The summed E-state index contributed by atoms with van der Waals surface area (Å²) in [5.74, 6) is 0.244. The van der Waals surface area contributed by atoms with E-state index in [1.165, 1.54) is 6.07 Å². The molecule has 0 spiro atoms. The summed E-state index contributed by atoms with van der Waals surface area (Å²) in [5, 5.41) is 0. The van der Waals surface area contributed by atoms with E-state index in [0.29, 0.717) is 5.82 Å². The first-order chi connectivity index (χ1) is 8.31. The summed E-state index contributed by atoms with van der Waals surface area (Å²) < 4.78 is 13.5. The second-order valence-electron chi connectivity index (χ2n) is 4.28. The summed E-state index contributed by atoms with van der Waals surface area (Å²) in [6.45, 7) is 5.34. The topological polar surface area (TPSA) is 45.4 Å². The number of aromatic nitrogens is 1. The summed E-state index contributed by atoms with van der Waals surface area (Å²) in [4.78, 5) is 8.48. The summed E-state index contributed by atoms with van der Waals surface area (Å²) >= 11 is 0. The Morgan fingerprint density at radius 3 is 2.71 bits per heavy atom. The van der Waals surface area contributed by atoms with Crippen molar-refractivity contribution in [1.29, 1.82) is 0 Å². The number of nitrogens with zero attached hydrogens (tertiary/aromatic N) is 3. The van der Waals surface area contributed by atoms with E-state index in [4.69, 9.17) is 5.73 Å². The number of hydrogen-bond donors (Lipinski definition) is 1. The zero-order valence-corrected chi connectivity index (χ0v) is 9.98. The SMILES string of the molecule is NCCCN1CCN(c2ncccc2F)CC1. The Balaban J connectivity index is 1.89. The van der Waals surface area contributed by atoms with E-state index in [1.807, 2.05) is 4.90 Å². The summed E-state index contributed by atoms with van der Waals surface area (Å²) in [6, 6.07) is 3.08. The summed E-state index contributed by atoms with van der Waals surface area (Å²) in [5.41, 5.74) is 5.49. The van der Waals surface area contributed by atoms with Gasteiger partial charge in [0.1, 0.15) is 0 Å². The van der Waals surface area contributed by atoms with Crippen molar-refractivity contribution >= 4 is 5.82 Å². The van der Waals surface area contributed by atoms with Crippen LogP contribution < -0.4 is 10.6 Å². The van der Waals surface area contributed by atoms with E-state index in [0.717, 1.165) is 45.7 Å². The number of nitrogens with two attached hydrogens (primary N) is 1. The van der Waals surface area contributed by atoms with Crippen molar-refractivity contribution in [3.05, 3.63) is 24.1 Å². The van der Waals surface area contributed by atoms with Crippen LogP contribution in [0.4, 0.5) is 10.2 Å². The number of piperazine rings is 1. The quantitative estimate of drug-likeness (QED) is 0.838. The molecule has 1 aromatic heterocycles. The minimum absolute atomic E-state index is 0.233. The van der Waals surface area contributed by atoms with Crippen LogP contribution in [0.15, 0.2) is 18.3 Å². The Morgan fingerprint density at radius 1 is 1.29 bits per heavy atom. The largest absolute Gasteiger partial charge is 0.352 e. The van der Waals surface area contributed by atoms with Gasteiger partial charge in [-0.15, -0.1) is 0 Å². The molecule has 4 nitrogen and oxygen atoms in total. The van der Waals surface area contributed by atoms with Crippen LogP contribution in [0.25, 0.3) is 0 Å². The second-order valence-corrected chi connectivity index (χ2v) is 4.28. The molecule has 0 atom stereocenters. The Morgan fingerprint density at radius 2 is 2.06 bits per heavy atom. The minimum Gasteiger partial charge on any atom is -0.352 e. The zero-order valence-electron chi connectivity index (χ0n) is 9.98. The number of halogens is 1. The molecule has 2 heterocycles. The van der Waals surface area contributed by atoms with Gasteiger partial charge in [0.15, 0.2) is 11.6 Å². The number of hydrogen-bond acceptors (Lipinski definition) is 4. The van der Waals surface area contributed by atoms with E-state index in [-0.39, 0.29) is 5.82 Å². The van der Waals surface area contributed by atoms with Crippen molar-refractivity contribution < 1.29 is 4.39 Å². The van der Waals surface area contributed by atoms with Crippen LogP contribution in [0.3, 0.4) is 0 Å². The van der Waals surface area contributed by atoms with Crippen molar-refractivity contribution in [3.8, 4) is 0 Å². The lowest BCUT2D eigenvalue weighted by Gasteiger charge is -2.35. The van der Waals surface area contributed by atoms with Gasteiger partial charge in [-0.1, -0.05) is 0 Å². The molecule has 94 valence electrons. The summed E-state index contributed by atoms with van der Waals surface area (Å²) in [7, 11) is 0. The van der Waals surface area contributed by atoms with E-state index in [2.05, 4.69) is 9.88 Å². The molecule has 1 aliphatic rings. The predicted octanol–water partition coefficient (Wildman–Crippen LogP) is 0.692. The Kier molecular flexibility index (Phi) is 4.28. The van der Waals surface area contributed by atoms with Gasteiger partial charge in [-0.05, 0) is 31.6 Å². The fourth-order valence-electron chi connectivity index (χ4n) is 2.11. The fourth-order valence-corrected chi connectivity index (χ4v) is 2.11. The maximum atomic E-state index is 13.5. The molecular weight excluding hydrogens is 219 g/mol. The average Bonchev–Trinajstić information content (AvgIpc) is 2.38. The molecule has 1 aliphatic heterocycles. The van der Waals surface area contributed by atoms with Crippen LogP contribution in [0.1, 0.15) is 6.42 Å². The third kappa shape index (κ3) is 3.14. The van der Waals surface area contributed by atoms with Crippen LogP contribution in [0.2, 0.25) is 0 Å². The van der Waals surface area contributed by atoms with Crippen LogP contribution in [-0.4, -0.2) is 49.2 Å². The fraction of sp³-hybridized carbons (Fsp3) is 0.583. The molecule has 2 rings (SSSR count). The van der Waals surface area contributed by atoms with Crippen molar-refractivity contribution in [3.63, 3.8) is 0 Å². The highest BCUT2D eigenvalue weighted by atomic mass is 19.1. The molecule has 1 aromatic rings. The minimum atomic E-state index is -0.233. The molecular formula is C12H19FN4. The Labute approximate surface area is 101 Å². The lowest BCUT2D eigenvalue weighted by molar-refractivity contribution is 0.255. The monoisotopic (exact) mass is 238 g/mol. The third-order valence-corrected chi connectivity index (χ3v) is 3.09. The predicted molar refractivity (Wildman–Crippen MR) is 66.5 cm³/mol. The maximum absolute atomic E-state index is 13.5. The van der Waals surface area contributed by atoms with Crippen LogP contribution in [-0.2, 0) is 0 Å². The molecule has 1 saturated heterocycles. The molecule has 0 radical (unpaired) electrons. The Bertz CT molecular complexity index is 350. The number of rotatable bonds is 4. The van der Waals surface area contributed by atoms with Crippen molar-refractivity contribution in [2.24, 2.45) is 5.73 Å². The molecule has 0 unspecified atom stereocenters. The highest BCUT2D eigenvalue weighted by molar-refractivity contribution is 5.40.